The number of anilines is 1. The summed E-state index contributed by atoms with van der Waals surface area (Å²) < 4.78 is 31.6. The predicted molar refractivity (Wildman–Crippen MR) is 74.8 cm³/mol. The number of carbonyl (C=O) groups is 1. The van der Waals surface area contributed by atoms with Gasteiger partial charge in [0.25, 0.3) is 0 Å². The first-order chi connectivity index (χ1) is 9.84. The number of ether oxygens (including phenoxy) is 1. The Balaban J connectivity index is 2.30. The molecule has 2 heterocycles. The van der Waals surface area contributed by atoms with E-state index in [1.54, 1.807) is 13.8 Å². The van der Waals surface area contributed by atoms with E-state index in [-0.39, 0.29) is 36.5 Å². The predicted octanol–water partition coefficient (Wildman–Crippen LogP) is -1.09. The molecule has 0 radical (unpaired) electrons. The van der Waals surface area contributed by atoms with Gasteiger partial charge in [-0.2, -0.15) is 9.40 Å². The summed E-state index contributed by atoms with van der Waals surface area (Å²) in [5, 5.41) is 8.69. The van der Waals surface area contributed by atoms with Crippen LogP contribution >= 0.6 is 0 Å². The smallest absolute Gasteiger partial charge is 0.249 e. The van der Waals surface area contributed by atoms with E-state index in [1.165, 1.54) is 0 Å². The van der Waals surface area contributed by atoms with Gasteiger partial charge < -0.3 is 15.8 Å². The molecule has 1 aliphatic rings. The highest BCUT2D eigenvalue weighted by Crippen LogP contribution is 2.23. The molecule has 9 nitrogen and oxygen atoms in total. The van der Waals surface area contributed by atoms with Crippen LogP contribution in [0.1, 0.15) is 13.8 Å². The first-order valence-electron chi connectivity index (χ1n) is 6.53. The molecule has 1 aliphatic heterocycles. The van der Waals surface area contributed by atoms with Gasteiger partial charge in [0.15, 0.2) is 0 Å². The number of hydrogen-bond acceptors (Lipinski definition) is 6. The van der Waals surface area contributed by atoms with Crippen LogP contribution in [0.2, 0.25) is 0 Å². The summed E-state index contributed by atoms with van der Waals surface area (Å²) in [4.78, 5) is 12.0. The summed E-state index contributed by atoms with van der Waals surface area (Å²) in [6.07, 6.45) is 1.14. The molecule has 10 heteroatoms. The average Bonchev–Trinajstić information content (AvgIpc) is 2.85. The van der Waals surface area contributed by atoms with Gasteiger partial charge in [0.2, 0.25) is 15.9 Å². The molecular weight excluding hydrogens is 298 g/mol. The van der Waals surface area contributed by atoms with Gasteiger partial charge in [0.1, 0.15) is 16.8 Å². The number of aromatic nitrogens is 2. The minimum atomic E-state index is -3.91. The monoisotopic (exact) mass is 317 g/mol. The fraction of sp³-hybridized carbons (Fsp3) is 0.636. The van der Waals surface area contributed by atoms with Gasteiger partial charge in [-0.1, -0.05) is 0 Å². The standard InChI is InChI=1S/C11H19N5O4S/c1-7(2)14-11(17)8-6-20-4-3-16(8)21(18,19)9-5-13-15-10(9)12/h5,7-8H,3-4,6H2,1-2H3,(H,14,17)(H3,12,13,15). The van der Waals surface area contributed by atoms with Crippen molar-refractivity contribution in [2.75, 3.05) is 25.5 Å². The molecule has 118 valence electrons. The number of morpholine rings is 1. The van der Waals surface area contributed by atoms with Crippen LogP contribution in [0.4, 0.5) is 5.82 Å². The Morgan fingerprint density at radius 1 is 1.62 bits per heavy atom. The zero-order valence-electron chi connectivity index (χ0n) is 11.9. The fourth-order valence-electron chi connectivity index (χ4n) is 2.08. The van der Waals surface area contributed by atoms with Crippen LogP contribution in [0, 0.1) is 0 Å². The summed E-state index contributed by atoms with van der Waals surface area (Å²) in [5.74, 6) is -0.445. The molecule has 2 rings (SSSR count). The Labute approximate surface area is 122 Å². The number of nitrogens with two attached hydrogens (primary N) is 1. The van der Waals surface area contributed by atoms with Crippen LogP contribution < -0.4 is 11.1 Å². The van der Waals surface area contributed by atoms with Crippen molar-refractivity contribution in [3.8, 4) is 0 Å². The minimum absolute atomic E-state index is 0.00946. The van der Waals surface area contributed by atoms with Crippen molar-refractivity contribution in [1.29, 1.82) is 0 Å². The number of nitrogens with one attached hydrogen (secondary N) is 2. The van der Waals surface area contributed by atoms with Gasteiger partial charge in [-0.25, -0.2) is 8.42 Å². The molecule has 1 aromatic rings. The maximum absolute atomic E-state index is 12.6. The third-order valence-electron chi connectivity index (χ3n) is 3.03. The number of amides is 1. The normalized spacial score (nSPS) is 20.6. The number of nitrogens with zero attached hydrogens (tertiary/aromatic N) is 2. The Morgan fingerprint density at radius 3 is 2.90 bits per heavy atom. The second kappa shape index (κ2) is 6.00. The zero-order chi connectivity index (χ0) is 15.6. The van der Waals surface area contributed by atoms with E-state index in [2.05, 4.69) is 15.5 Å². The Bertz CT molecular complexity index is 612. The highest BCUT2D eigenvalue weighted by Gasteiger charge is 2.39. The highest BCUT2D eigenvalue weighted by atomic mass is 32.2. The van der Waals surface area contributed by atoms with Gasteiger partial charge in [-0.3, -0.25) is 9.89 Å². The lowest BCUT2D eigenvalue weighted by Gasteiger charge is -2.33. The van der Waals surface area contributed by atoms with Crippen LogP contribution in [0.3, 0.4) is 0 Å². The Morgan fingerprint density at radius 2 is 2.33 bits per heavy atom. The van der Waals surface area contributed by atoms with E-state index in [1.807, 2.05) is 0 Å². The zero-order valence-corrected chi connectivity index (χ0v) is 12.7. The number of sulfonamides is 1. The lowest BCUT2D eigenvalue weighted by atomic mass is 10.2. The summed E-state index contributed by atoms with van der Waals surface area (Å²) in [7, 11) is -3.91. The maximum atomic E-state index is 12.6. The van der Waals surface area contributed by atoms with Crippen LogP contribution in [-0.4, -0.2) is 60.7 Å². The topological polar surface area (TPSA) is 130 Å². The molecule has 1 unspecified atom stereocenters. The number of hydrogen-bond donors (Lipinski definition) is 3. The average molecular weight is 317 g/mol. The molecule has 0 aromatic carbocycles. The van der Waals surface area contributed by atoms with E-state index in [0.29, 0.717) is 0 Å². The molecule has 21 heavy (non-hydrogen) atoms. The summed E-state index contributed by atoms with van der Waals surface area (Å²) in [6, 6.07) is -1.01. The highest BCUT2D eigenvalue weighted by molar-refractivity contribution is 7.89. The number of rotatable bonds is 4. The van der Waals surface area contributed by atoms with Crippen LogP contribution in [0.15, 0.2) is 11.1 Å². The van der Waals surface area contributed by atoms with Crippen molar-refractivity contribution in [3.05, 3.63) is 6.20 Å². The summed E-state index contributed by atoms with van der Waals surface area (Å²) in [5.41, 5.74) is 5.58. The first kappa shape index (κ1) is 15.7. The molecular formula is C11H19N5O4S. The second-order valence-electron chi connectivity index (χ2n) is 5.02. The number of nitrogen functional groups attached to an aromatic ring is 1. The number of aromatic amines is 1. The SMILES string of the molecule is CC(C)NC(=O)C1COCCN1S(=O)(=O)c1cn[nH]c1N. The molecule has 1 fully saturated rings. The van der Waals surface area contributed by atoms with Crippen molar-refractivity contribution < 1.29 is 17.9 Å². The summed E-state index contributed by atoms with van der Waals surface area (Å²) >= 11 is 0. The van der Waals surface area contributed by atoms with Gasteiger partial charge in [0.05, 0.1) is 19.4 Å². The van der Waals surface area contributed by atoms with Gasteiger partial charge in [-0.05, 0) is 13.8 Å². The van der Waals surface area contributed by atoms with Crippen LogP contribution in [0.25, 0.3) is 0 Å². The molecule has 0 spiro atoms. The fourth-order valence-corrected chi connectivity index (χ4v) is 3.65. The molecule has 4 N–H and O–H groups in total. The molecule has 0 saturated carbocycles. The molecule has 1 saturated heterocycles. The maximum Gasteiger partial charge on any atom is 0.249 e. The van der Waals surface area contributed by atoms with E-state index < -0.39 is 22.0 Å². The third kappa shape index (κ3) is 3.17. The van der Waals surface area contributed by atoms with Crippen molar-refractivity contribution in [3.63, 3.8) is 0 Å². The quantitative estimate of drug-likeness (QED) is 0.646. The van der Waals surface area contributed by atoms with E-state index in [4.69, 9.17) is 10.5 Å². The van der Waals surface area contributed by atoms with E-state index in [0.717, 1.165) is 10.5 Å². The van der Waals surface area contributed by atoms with Gasteiger partial charge in [0, 0.05) is 12.6 Å². The third-order valence-corrected chi connectivity index (χ3v) is 4.97. The number of H-pyrrole nitrogens is 1. The van der Waals surface area contributed by atoms with Crippen molar-refractivity contribution >= 4 is 21.7 Å². The van der Waals surface area contributed by atoms with Crippen LogP contribution in [-0.2, 0) is 19.6 Å². The van der Waals surface area contributed by atoms with Crippen molar-refractivity contribution in [2.24, 2.45) is 0 Å². The molecule has 0 bridgehead atoms. The van der Waals surface area contributed by atoms with Gasteiger partial charge in [-0.15, -0.1) is 0 Å². The Hall–Kier alpha value is -1.65. The van der Waals surface area contributed by atoms with E-state index in [9.17, 15) is 13.2 Å². The number of carbonyl (C=O) groups excluding carboxylic acids is 1. The second-order valence-corrected chi connectivity index (χ2v) is 6.88. The molecule has 0 aliphatic carbocycles. The van der Waals surface area contributed by atoms with Crippen molar-refractivity contribution in [1.82, 2.24) is 19.8 Å². The first-order valence-corrected chi connectivity index (χ1v) is 7.97. The molecule has 1 atom stereocenters. The van der Waals surface area contributed by atoms with E-state index >= 15 is 0 Å². The lowest BCUT2D eigenvalue weighted by Crippen LogP contribution is -2.56. The van der Waals surface area contributed by atoms with Crippen LogP contribution in [0.5, 0.6) is 0 Å². The summed E-state index contributed by atoms with van der Waals surface area (Å²) in [6.45, 7) is 3.92. The molecule has 1 amide bonds. The van der Waals surface area contributed by atoms with Gasteiger partial charge >= 0.3 is 0 Å². The lowest BCUT2D eigenvalue weighted by molar-refractivity contribution is -0.129. The Kier molecular flexibility index (Phi) is 4.49. The molecule has 1 aromatic heterocycles. The minimum Gasteiger partial charge on any atom is -0.383 e. The largest absolute Gasteiger partial charge is 0.383 e. The van der Waals surface area contributed by atoms with Crippen molar-refractivity contribution in [2.45, 2.75) is 30.8 Å².